The van der Waals surface area contributed by atoms with Crippen LogP contribution in [0.5, 0.6) is 0 Å². The second kappa shape index (κ2) is 14.9. The van der Waals surface area contributed by atoms with Crippen molar-refractivity contribution in [2.45, 2.75) is 97.3 Å². The Labute approximate surface area is 164 Å². The van der Waals surface area contributed by atoms with Crippen molar-refractivity contribution < 1.29 is 17.5 Å². The van der Waals surface area contributed by atoms with Gasteiger partial charge in [0.05, 0.1) is 32.9 Å². The summed E-state index contributed by atoms with van der Waals surface area (Å²) in [5.41, 5.74) is 0. The minimum Gasteiger partial charge on any atom is -0.328 e. The summed E-state index contributed by atoms with van der Waals surface area (Å²) in [4.78, 5) is 0. The molecular formula is C21H46NO3S+. The van der Waals surface area contributed by atoms with Crippen LogP contribution in [0, 0.1) is 5.92 Å². The Morgan fingerprint density at radius 1 is 0.769 bits per heavy atom. The molecule has 0 aromatic heterocycles. The lowest BCUT2D eigenvalue weighted by Gasteiger charge is -2.33. The number of rotatable bonds is 18. The molecule has 158 valence electrons. The van der Waals surface area contributed by atoms with Crippen LogP contribution in [-0.4, -0.2) is 50.4 Å². The predicted molar refractivity (Wildman–Crippen MR) is 113 cm³/mol. The number of quaternary nitrogens is 1. The molecule has 26 heavy (non-hydrogen) atoms. The summed E-state index contributed by atoms with van der Waals surface area (Å²) < 4.78 is 32.1. The first-order chi connectivity index (χ1) is 12.2. The lowest BCUT2D eigenvalue weighted by Crippen LogP contribution is -2.45. The fraction of sp³-hybridized carbons (Fsp3) is 1.00. The first-order valence-electron chi connectivity index (χ1n) is 11.0. The van der Waals surface area contributed by atoms with Gasteiger partial charge in [-0.3, -0.25) is 4.55 Å². The molecule has 0 bridgehead atoms. The molecular weight excluding hydrogens is 346 g/mol. The molecule has 0 radical (unpaired) electrons. The van der Waals surface area contributed by atoms with Gasteiger partial charge in [-0.1, -0.05) is 78.1 Å². The Morgan fingerprint density at radius 2 is 1.19 bits per heavy atom. The van der Waals surface area contributed by atoms with E-state index in [1.54, 1.807) is 0 Å². The quantitative estimate of drug-likeness (QED) is 0.185. The van der Waals surface area contributed by atoms with Gasteiger partial charge in [0.2, 0.25) is 0 Å². The van der Waals surface area contributed by atoms with Crippen LogP contribution in [0.2, 0.25) is 0 Å². The highest BCUT2D eigenvalue weighted by Crippen LogP contribution is 2.15. The van der Waals surface area contributed by atoms with Gasteiger partial charge >= 0.3 is 0 Å². The van der Waals surface area contributed by atoms with Gasteiger partial charge in [-0.25, -0.2) is 0 Å². The van der Waals surface area contributed by atoms with E-state index in [9.17, 15) is 8.42 Å². The van der Waals surface area contributed by atoms with Crippen molar-refractivity contribution in [2.75, 3.05) is 32.9 Å². The van der Waals surface area contributed by atoms with Gasteiger partial charge in [0.1, 0.15) is 0 Å². The van der Waals surface area contributed by atoms with Crippen molar-refractivity contribution in [3.05, 3.63) is 0 Å². The molecule has 0 fully saturated rings. The normalized spacial score (nSPS) is 13.9. The molecule has 0 aliphatic rings. The average molecular weight is 393 g/mol. The SMILES string of the molecule is CCCCCCCCCCCCCC[N+](C)(C)CC(CC)CS(=O)(=O)O. The van der Waals surface area contributed by atoms with E-state index in [0.717, 1.165) is 24.0 Å². The van der Waals surface area contributed by atoms with E-state index in [1.807, 2.05) is 6.92 Å². The molecule has 0 aromatic carbocycles. The molecule has 0 amide bonds. The number of unbranched alkanes of at least 4 members (excludes halogenated alkanes) is 11. The smallest absolute Gasteiger partial charge is 0.265 e. The summed E-state index contributed by atoms with van der Waals surface area (Å²) in [5.74, 6) is -0.0683. The zero-order valence-electron chi connectivity index (χ0n) is 18.0. The standard InChI is InChI=1S/C21H45NO3S/c1-5-7-8-9-10-11-12-13-14-15-16-17-18-22(3,4)19-21(6-2)20-26(23,24)25/h21H,5-20H2,1-4H3/p+1. The Bertz CT molecular complexity index is 421. The highest BCUT2D eigenvalue weighted by atomic mass is 32.2. The molecule has 4 nitrogen and oxygen atoms in total. The van der Waals surface area contributed by atoms with E-state index in [1.165, 1.54) is 77.0 Å². The summed E-state index contributed by atoms with van der Waals surface area (Å²) in [6.07, 6.45) is 17.1. The zero-order chi connectivity index (χ0) is 19.9. The van der Waals surface area contributed by atoms with E-state index < -0.39 is 10.1 Å². The van der Waals surface area contributed by atoms with Crippen LogP contribution < -0.4 is 0 Å². The number of hydrogen-bond acceptors (Lipinski definition) is 2. The molecule has 0 heterocycles. The van der Waals surface area contributed by atoms with Crippen LogP contribution in [0.4, 0.5) is 0 Å². The predicted octanol–water partition coefficient (Wildman–Crippen LogP) is 5.68. The lowest BCUT2D eigenvalue weighted by molar-refractivity contribution is -0.893. The molecule has 0 saturated heterocycles. The minimum atomic E-state index is -3.86. The van der Waals surface area contributed by atoms with Gasteiger partial charge in [0.15, 0.2) is 0 Å². The third-order valence-corrected chi connectivity index (χ3v) is 6.29. The second-order valence-corrected chi connectivity index (χ2v) is 10.3. The largest absolute Gasteiger partial charge is 0.328 e. The second-order valence-electron chi connectivity index (χ2n) is 8.75. The van der Waals surface area contributed by atoms with Crippen LogP contribution in [0.1, 0.15) is 97.3 Å². The third kappa shape index (κ3) is 17.3. The average Bonchev–Trinajstić information content (AvgIpc) is 2.53. The van der Waals surface area contributed by atoms with E-state index in [0.29, 0.717) is 0 Å². The molecule has 0 aromatic rings. The van der Waals surface area contributed by atoms with Crippen molar-refractivity contribution in [1.29, 1.82) is 0 Å². The van der Waals surface area contributed by atoms with Crippen LogP contribution in [-0.2, 0) is 10.1 Å². The highest BCUT2D eigenvalue weighted by molar-refractivity contribution is 7.85. The maximum atomic E-state index is 11.1. The summed E-state index contributed by atoms with van der Waals surface area (Å²) in [6.45, 7) is 6.16. The number of hydrogen-bond donors (Lipinski definition) is 1. The molecule has 0 spiro atoms. The van der Waals surface area contributed by atoms with Crippen molar-refractivity contribution >= 4 is 10.1 Å². The minimum absolute atomic E-state index is 0.0392. The summed E-state index contributed by atoms with van der Waals surface area (Å²) in [6, 6.07) is 0. The van der Waals surface area contributed by atoms with E-state index in [-0.39, 0.29) is 11.7 Å². The fourth-order valence-electron chi connectivity index (χ4n) is 3.77. The van der Waals surface area contributed by atoms with Crippen LogP contribution in [0.15, 0.2) is 0 Å². The van der Waals surface area contributed by atoms with Crippen molar-refractivity contribution in [2.24, 2.45) is 5.92 Å². The number of nitrogens with zero attached hydrogens (tertiary/aromatic N) is 1. The van der Waals surface area contributed by atoms with Crippen molar-refractivity contribution in [1.82, 2.24) is 0 Å². The summed E-state index contributed by atoms with van der Waals surface area (Å²) in [7, 11) is 0.479. The van der Waals surface area contributed by atoms with E-state index in [2.05, 4.69) is 21.0 Å². The van der Waals surface area contributed by atoms with E-state index >= 15 is 0 Å². The Morgan fingerprint density at radius 3 is 1.58 bits per heavy atom. The summed E-state index contributed by atoms with van der Waals surface area (Å²) in [5, 5.41) is 0. The monoisotopic (exact) mass is 392 g/mol. The molecule has 1 atom stereocenters. The Hall–Kier alpha value is -0.130. The van der Waals surface area contributed by atoms with Gasteiger partial charge in [0, 0.05) is 5.92 Å². The molecule has 0 aliphatic carbocycles. The van der Waals surface area contributed by atoms with Gasteiger partial charge in [0.25, 0.3) is 10.1 Å². The topological polar surface area (TPSA) is 54.4 Å². The molecule has 5 heteroatoms. The molecule has 0 saturated carbocycles. The van der Waals surface area contributed by atoms with E-state index in [4.69, 9.17) is 4.55 Å². The van der Waals surface area contributed by atoms with Gasteiger partial charge in [-0.15, -0.1) is 0 Å². The fourth-order valence-corrected chi connectivity index (χ4v) is 4.71. The lowest BCUT2D eigenvalue weighted by atomic mass is 10.0. The zero-order valence-corrected chi connectivity index (χ0v) is 18.8. The van der Waals surface area contributed by atoms with Crippen molar-refractivity contribution in [3.63, 3.8) is 0 Å². The Balaban J connectivity index is 3.66. The van der Waals surface area contributed by atoms with Gasteiger partial charge < -0.3 is 4.48 Å². The van der Waals surface area contributed by atoms with Crippen LogP contribution in [0.25, 0.3) is 0 Å². The van der Waals surface area contributed by atoms with Crippen LogP contribution >= 0.6 is 0 Å². The summed E-state index contributed by atoms with van der Waals surface area (Å²) >= 11 is 0. The van der Waals surface area contributed by atoms with Gasteiger partial charge in [-0.05, 0) is 19.3 Å². The Kier molecular flexibility index (Phi) is 14.8. The maximum Gasteiger partial charge on any atom is 0.265 e. The first-order valence-corrected chi connectivity index (χ1v) is 12.6. The molecule has 0 aliphatic heterocycles. The molecule has 0 rings (SSSR count). The van der Waals surface area contributed by atoms with Crippen LogP contribution in [0.3, 0.4) is 0 Å². The third-order valence-electron chi connectivity index (χ3n) is 5.39. The molecule has 1 unspecified atom stereocenters. The van der Waals surface area contributed by atoms with Gasteiger partial charge in [-0.2, -0.15) is 8.42 Å². The maximum absolute atomic E-state index is 11.1. The highest BCUT2D eigenvalue weighted by Gasteiger charge is 2.24. The first kappa shape index (κ1) is 25.9. The molecule has 1 N–H and O–H groups in total. The van der Waals surface area contributed by atoms with Crippen molar-refractivity contribution in [3.8, 4) is 0 Å².